The molecule has 0 aromatic rings. The first-order chi connectivity index (χ1) is 9.78. The van der Waals surface area contributed by atoms with E-state index in [-0.39, 0.29) is 0 Å². The van der Waals surface area contributed by atoms with Gasteiger partial charge in [-0.2, -0.15) is 0 Å². The van der Waals surface area contributed by atoms with E-state index in [2.05, 4.69) is 0 Å². The Kier molecular flexibility index (Phi) is 4.45. The van der Waals surface area contributed by atoms with E-state index in [4.69, 9.17) is 4.74 Å². The van der Waals surface area contributed by atoms with Crippen LogP contribution in [0.15, 0.2) is 0 Å². The maximum absolute atomic E-state index is 12.0. The smallest absolute Gasteiger partial charge is 0.267 e. The van der Waals surface area contributed by atoms with Crippen LogP contribution in [0.4, 0.5) is 0 Å². The normalized spacial score (nSPS) is 39.4. The van der Waals surface area contributed by atoms with Gasteiger partial charge in [-0.05, 0) is 20.8 Å². The van der Waals surface area contributed by atoms with Gasteiger partial charge in [0.2, 0.25) is 5.60 Å². The molecule has 4 N–H and O–H groups in total. The van der Waals surface area contributed by atoms with E-state index in [1.165, 1.54) is 0 Å². The molecule has 22 heavy (non-hydrogen) atoms. The van der Waals surface area contributed by atoms with E-state index >= 15 is 0 Å². The van der Waals surface area contributed by atoms with Crippen molar-refractivity contribution in [2.45, 2.75) is 56.9 Å². The topological polar surface area (TPSA) is 158 Å². The van der Waals surface area contributed by atoms with Crippen LogP contribution in [-0.4, -0.2) is 72.8 Å². The zero-order chi connectivity index (χ0) is 17.7. The summed E-state index contributed by atoms with van der Waals surface area (Å²) in [6.07, 6.45) is -4.05. The lowest BCUT2D eigenvalue weighted by molar-refractivity contribution is -0.248. The van der Waals surface area contributed by atoms with Crippen molar-refractivity contribution >= 4 is 23.1 Å². The minimum atomic E-state index is -3.40. The molecule has 1 saturated heterocycles. The van der Waals surface area contributed by atoms with Gasteiger partial charge in [0.25, 0.3) is 5.79 Å². The molecule has 1 rings (SSSR count). The van der Waals surface area contributed by atoms with E-state index < -0.39 is 52.3 Å². The number of rotatable bonds is 5. The van der Waals surface area contributed by atoms with E-state index in [0.717, 1.165) is 20.8 Å². The lowest BCUT2D eigenvalue weighted by Gasteiger charge is -2.38. The molecule has 0 bridgehead atoms. The molecular weight excluding hydrogens is 300 g/mol. The largest absolute Gasteiger partial charge is 0.386 e. The number of hydrogen-bond donors (Lipinski definition) is 4. The average Bonchev–Trinajstić information content (AvgIpc) is 2.59. The Balaban J connectivity index is 3.75. The summed E-state index contributed by atoms with van der Waals surface area (Å²) in [6, 6.07) is 0. The van der Waals surface area contributed by atoms with Gasteiger partial charge < -0.3 is 25.2 Å². The molecule has 1 heterocycles. The number of carbonyl (C=O) groups excluding carboxylic acids is 4. The fourth-order valence-electron chi connectivity index (χ4n) is 2.56. The van der Waals surface area contributed by atoms with Crippen LogP contribution in [0.25, 0.3) is 0 Å². The van der Waals surface area contributed by atoms with Gasteiger partial charge >= 0.3 is 0 Å². The second kappa shape index (κ2) is 5.28. The standard InChI is InChI=1S/C13H18O9/c1-5(14)9(18)10-11(19,6(2)15)12(20,7(3)16)13(21,22-10)8(4)17/h5,10,14,19-21H,1-4H3/t5?,10-,11-,12-,13+/m1/s1. The average molecular weight is 318 g/mol. The van der Waals surface area contributed by atoms with Crippen LogP contribution < -0.4 is 0 Å². The molecule has 1 fully saturated rings. The van der Waals surface area contributed by atoms with Crippen molar-refractivity contribution in [3.05, 3.63) is 0 Å². The first-order valence-electron chi connectivity index (χ1n) is 6.38. The molecule has 1 unspecified atom stereocenters. The second-order valence-electron chi connectivity index (χ2n) is 5.37. The predicted octanol–water partition coefficient (Wildman–Crippen LogP) is -2.75. The summed E-state index contributed by atoms with van der Waals surface area (Å²) in [4.78, 5) is 47.3. The zero-order valence-corrected chi connectivity index (χ0v) is 12.5. The molecule has 1 aliphatic rings. The number of hydrogen-bond acceptors (Lipinski definition) is 9. The Morgan fingerprint density at radius 2 is 1.41 bits per heavy atom. The van der Waals surface area contributed by atoms with E-state index in [0.29, 0.717) is 6.92 Å². The summed E-state index contributed by atoms with van der Waals surface area (Å²) in [5, 5.41) is 40.6. The number of carbonyl (C=O) groups is 4. The molecule has 9 nitrogen and oxygen atoms in total. The summed E-state index contributed by atoms with van der Waals surface area (Å²) < 4.78 is 4.74. The van der Waals surface area contributed by atoms with Crippen molar-refractivity contribution in [1.29, 1.82) is 0 Å². The lowest BCUT2D eigenvalue weighted by Crippen LogP contribution is -2.72. The number of aliphatic hydroxyl groups is 4. The molecule has 1 aliphatic heterocycles. The molecule has 0 radical (unpaired) electrons. The van der Waals surface area contributed by atoms with Crippen LogP contribution in [0.1, 0.15) is 27.7 Å². The first kappa shape index (κ1) is 18.5. The molecule has 0 aromatic heterocycles. The summed E-state index contributed by atoms with van der Waals surface area (Å²) in [5.41, 5.74) is -6.62. The highest BCUT2D eigenvalue weighted by Crippen LogP contribution is 2.47. The van der Waals surface area contributed by atoms with Crippen LogP contribution >= 0.6 is 0 Å². The maximum Gasteiger partial charge on any atom is 0.267 e. The molecular formula is C13H18O9. The van der Waals surface area contributed by atoms with Crippen molar-refractivity contribution < 1.29 is 44.3 Å². The maximum atomic E-state index is 12.0. The van der Waals surface area contributed by atoms with Crippen molar-refractivity contribution in [2.24, 2.45) is 0 Å². The number of aliphatic hydroxyl groups excluding tert-OH is 1. The van der Waals surface area contributed by atoms with Crippen LogP contribution in [0.3, 0.4) is 0 Å². The SMILES string of the molecule is CC(=O)[C@]1(O)[C@](O)(C(C)=O)O[C@H](C(=O)C(C)O)[C@]1(O)C(C)=O. The third kappa shape index (κ3) is 1.97. The number of Topliss-reactive ketones (excluding diaryl/α,β-unsaturated/α-hetero) is 4. The summed E-state index contributed by atoms with van der Waals surface area (Å²) in [6.45, 7) is 3.18. The van der Waals surface area contributed by atoms with Gasteiger partial charge in [0.05, 0.1) is 0 Å². The van der Waals surface area contributed by atoms with Crippen molar-refractivity contribution in [2.75, 3.05) is 0 Å². The van der Waals surface area contributed by atoms with E-state index in [9.17, 15) is 39.6 Å². The van der Waals surface area contributed by atoms with Crippen LogP contribution in [-0.2, 0) is 23.9 Å². The second-order valence-corrected chi connectivity index (χ2v) is 5.37. The molecule has 9 heteroatoms. The summed E-state index contributed by atoms with van der Waals surface area (Å²) >= 11 is 0. The first-order valence-corrected chi connectivity index (χ1v) is 6.38. The van der Waals surface area contributed by atoms with E-state index in [1.807, 2.05) is 0 Å². The summed E-state index contributed by atoms with van der Waals surface area (Å²) in [7, 11) is 0. The van der Waals surface area contributed by atoms with E-state index in [1.54, 1.807) is 0 Å². The van der Waals surface area contributed by atoms with Gasteiger partial charge in [-0.25, -0.2) is 0 Å². The predicted molar refractivity (Wildman–Crippen MR) is 68.5 cm³/mol. The minimum Gasteiger partial charge on any atom is -0.386 e. The number of ether oxygens (including phenoxy) is 1. The highest BCUT2D eigenvalue weighted by Gasteiger charge is 2.80. The molecule has 0 amide bonds. The zero-order valence-electron chi connectivity index (χ0n) is 12.5. The Morgan fingerprint density at radius 3 is 1.68 bits per heavy atom. The van der Waals surface area contributed by atoms with Gasteiger partial charge in [0.15, 0.2) is 34.8 Å². The molecule has 0 aromatic carbocycles. The molecule has 124 valence electrons. The monoisotopic (exact) mass is 318 g/mol. The quantitative estimate of drug-likeness (QED) is 0.421. The Morgan fingerprint density at radius 1 is 0.955 bits per heavy atom. The van der Waals surface area contributed by atoms with Gasteiger partial charge in [-0.1, -0.05) is 0 Å². The Bertz CT molecular complexity index is 554. The Labute approximate surface area is 125 Å². The lowest BCUT2D eigenvalue weighted by atomic mass is 9.70. The third-order valence-electron chi connectivity index (χ3n) is 3.90. The fraction of sp³-hybridized carbons (Fsp3) is 0.692. The van der Waals surface area contributed by atoms with Gasteiger partial charge in [0, 0.05) is 6.92 Å². The highest BCUT2D eigenvalue weighted by molar-refractivity contribution is 6.09. The molecule has 0 saturated carbocycles. The van der Waals surface area contributed by atoms with Gasteiger partial charge in [-0.3, -0.25) is 19.2 Å². The van der Waals surface area contributed by atoms with Gasteiger partial charge in [0.1, 0.15) is 6.10 Å². The molecule has 0 spiro atoms. The molecule has 5 atom stereocenters. The molecule has 0 aliphatic carbocycles. The van der Waals surface area contributed by atoms with Crippen molar-refractivity contribution in [3.63, 3.8) is 0 Å². The fourth-order valence-corrected chi connectivity index (χ4v) is 2.56. The third-order valence-corrected chi connectivity index (χ3v) is 3.90. The van der Waals surface area contributed by atoms with Crippen LogP contribution in [0.5, 0.6) is 0 Å². The van der Waals surface area contributed by atoms with Gasteiger partial charge in [-0.15, -0.1) is 0 Å². The van der Waals surface area contributed by atoms with Crippen LogP contribution in [0, 0.1) is 0 Å². The van der Waals surface area contributed by atoms with Crippen molar-refractivity contribution in [3.8, 4) is 0 Å². The highest BCUT2D eigenvalue weighted by atomic mass is 16.7. The minimum absolute atomic E-state index is 0.709. The number of ketones is 4. The Hall–Kier alpha value is -1.52. The summed E-state index contributed by atoms with van der Waals surface area (Å²) in [5.74, 6) is -8.54. The van der Waals surface area contributed by atoms with Crippen LogP contribution in [0.2, 0.25) is 0 Å². The van der Waals surface area contributed by atoms with Crippen molar-refractivity contribution in [1.82, 2.24) is 0 Å².